The molecule has 0 fully saturated rings. The van der Waals surface area contributed by atoms with Crippen molar-refractivity contribution in [2.24, 2.45) is 0 Å². The standard InChI is InChI=1S/C21H17N3O2/c1-24(14-16-9-5-11-18-17(16)10-6-12-22-18)21(25)19-13-20(26-23-19)15-7-3-2-4-8-15/h2-13H,14H2,1H3. The van der Waals surface area contributed by atoms with E-state index < -0.39 is 0 Å². The number of benzene rings is 2. The highest BCUT2D eigenvalue weighted by atomic mass is 16.5. The molecule has 0 saturated heterocycles. The third-order valence-electron chi connectivity index (χ3n) is 4.28. The second kappa shape index (κ2) is 6.80. The minimum absolute atomic E-state index is 0.183. The second-order valence-corrected chi connectivity index (χ2v) is 6.09. The van der Waals surface area contributed by atoms with E-state index in [1.807, 2.05) is 60.7 Å². The molecule has 1 amide bonds. The lowest BCUT2D eigenvalue weighted by molar-refractivity contribution is 0.0775. The number of nitrogens with zero attached hydrogens (tertiary/aromatic N) is 3. The van der Waals surface area contributed by atoms with Crippen LogP contribution in [0.5, 0.6) is 0 Å². The molecule has 0 aliphatic carbocycles. The lowest BCUT2D eigenvalue weighted by atomic mass is 10.1. The van der Waals surface area contributed by atoms with Crippen molar-refractivity contribution in [1.29, 1.82) is 0 Å². The minimum Gasteiger partial charge on any atom is -0.355 e. The van der Waals surface area contributed by atoms with Crippen LogP contribution in [0, 0.1) is 0 Å². The Hall–Kier alpha value is -3.47. The third kappa shape index (κ3) is 3.07. The van der Waals surface area contributed by atoms with Crippen molar-refractivity contribution >= 4 is 16.8 Å². The van der Waals surface area contributed by atoms with Gasteiger partial charge in [0.1, 0.15) is 0 Å². The Labute approximate surface area is 150 Å². The van der Waals surface area contributed by atoms with Gasteiger partial charge in [0, 0.05) is 36.8 Å². The Morgan fingerprint density at radius 2 is 1.88 bits per heavy atom. The molecule has 0 radical (unpaired) electrons. The van der Waals surface area contributed by atoms with Crippen molar-refractivity contribution in [3.63, 3.8) is 0 Å². The first kappa shape index (κ1) is 16.0. The summed E-state index contributed by atoms with van der Waals surface area (Å²) in [7, 11) is 1.76. The fourth-order valence-electron chi connectivity index (χ4n) is 2.94. The first-order valence-electron chi connectivity index (χ1n) is 8.32. The number of carbonyl (C=O) groups excluding carboxylic acids is 1. The average Bonchev–Trinajstić information content (AvgIpc) is 3.18. The van der Waals surface area contributed by atoms with E-state index in [4.69, 9.17) is 4.52 Å². The van der Waals surface area contributed by atoms with E-state index in [2.05, 4.69) is 10.1 Å². The maximum atomic E-state index is 12.7. The van der Waals surface area contributed by atoms with E-state index in [9.17, 15) is 4.79 Å². The topological polar surface area (TPSA) is 59.2 Å². The highest BCUT2D eigenvalue weighted by Gasteiger charge is 2.18. The molecular weight excluding hydrogens is 326 g/mol. The van der Waals surface area contributed by atoms with E-state index in [-0.39, 0.29) is 5.91 Å². The molecule has 2 heterocycles. The van der Waals surface area contributed by atoms with Crippen LogP contribution in [0.4, 0.5) is 0 Å². The lowest BCUT2D eigenvalue weighted by Crippen LogP contribution is -2.26. The van der Waals surface area contributed by atoms with Crippen LogP contribution in [0.2, 0.25) is 0 Å². The number of rotatable bonds is 4. The Kier molecular flexibility index (Phi) is 4.19. The number of fused-ring (bicyclic) bond motifs is 1. The summed E-state index contributed by atoms with van der Waals surface area (Å²) in [5.74, 6) is 0.397. The Bertz CT molecular complexity index is 1050. The molecule has 0 saturated carbocycles. The van der Waals surface area contributed by atoms with Gasteiger partial charge in [-0.3, -0.25) is 9.78 Å². The molecule has 4 rings (SSSR count). The van der Waals surface area contributed by atoms with Gasteiger partial charge in [-0.2, -0.15) is 0 Å². The van der Waals surface area contributed by atoms with E-state index in [1.54, 1.807) is 24.2 Å². The first-order valence-corrected chi connectivity index (χ1v) is 8.32. The molecule has 128 valence electrons. The van der Waals surface area contributed by atoms with Crippen LogP contribution in [0.15, 0.2) is 77.4 Å². The number of amides is 1. The molecule has 2 aromatic carbocycles. The fourth-order valence-corrected chi connectivity index (χ4v) is 2.94. The van der Waals surface area contributed by atoms with Gasteiger partial charge in [-0.15, -0.1) is 0 Å². The van der Waals surface area contributed by atoms with Gasteiger partial charge in [0.2, 0.25) is 0 Å². The van der Waals surface area contributed by atoms with Crippen LogP contribution >= 0.6 is 0 Å². The van der Waals surface area contributed by atoms with Crippen molar-refractivity contribution in [3.8, 4) is 11.3 Å². The van der Waals surface area contributed by atoms with E-state index >= 15 is 0 Å². The number of carbonyl (C=O) groups is 1. The van der Waals surface area contributed by atoms with Crippen LogP contribution in [-0.2, 0) is 6.54 Å². The molecule has 2 aromatic heterocycles. The van der Waals surface area contributed by atoms with E-state index in [0.29, 0.717) is 18.0 Å². The maximum absolute atomic E-state index is 12.7. The summed E-state index contributed by atoms with van der Waals surface area (Å²) in [4.78, 5) is 18.7. The summed E-state index contributed by atoms with van der Waals surface area (Å²) in [6.07, 6.45) is 1.77. The minimum atomic E-state index is -0.183. The molecular formula is C21H17N3O2. The van der Waals surface area contributed by atoms with Crippen molar-refractivity contribution in [3.05, 3.63) is 84.2 Å². The molecule has 0 aliphatic rings. The van der Waals surface area contributed by atoms with Gasteiger partial charge in [0.25, 0.3) is 5.91 Å². The highest BCUT2D eigenvalue weighted by Crippen LogP contribution is 2.22. The third-order valence-corrected chi connectivity index (χ3v) is 4.28. The smallest absolute Gasteiger partial charge is 0.276 e. The van der Waals surface area contributed by atoms with Crippen LogP contribution in [-0.4, -0.2) is 28.0 Å². The molecule has 4 aromatic rings. The zero-order valence-electron chi connectivity index (χ0n) is 14.3. The van der Waals surface area contributed by atoms with Crippen molar-refractivity contribution in [2.45, 2.75) is 6.54 Å². The predicted octanol–water partition coefficient (Wildman–Crippen LogP) is 4.16. The summed E-state index contributed by atoms with van der Waals surface area (Å²) in [6, 6.07) is 21.1. The number of hydrogen-bond donors (Lipinski definition) is 0. The summed E-state index contributed by atoms with van der Waals surface area (Å²) < 4.78 is 5.33. The first-order chi connectivity index (χ1) is 12.7. The Balaban J connectivity index is 1.56. The number of pyridine rings is 1. The fraction of sp³-hybridized carbons (Fsp3) is 0.0952. The van der Waals surface area contributed by atoms with Gasteiger partial charge in [0.15, 0.2) is 11.5 Å². The lowest BCUT2D eigenvalue weighted by Gasteiger charge is -2.16. The molecule has 0 atom stereocenters. The van der Waals surface area contributed by atoms with Crippen LogP contribution < -0.4 is 0 Å². The van der Waals surface area contributed by atoms with E-state index in [1.165, 1.54) is 0 Å². The summed E-state index contributed by atoms with van der Waals surface area (Å²) >= 11 is 0. The molecule has 5 heteroatoms. The molecule has 5 nitrogen and oxygen atoms in total. The Morgan fingerprint density at radius 1 is 1.04 bits per heavy atom. The predicted molar refractivity (Wildman–Crippen MR) is 99.5 cm³/mol. The SMILES string of the molecule is CN(Cc1cccc2ncccc12)C(=O)c1cc(-c2ccccc2)on1. The van der Waals surface area contributed by atoms with Crippen LogP contribution in [0.25, 0.3) is 22.2 Å². The second-order valence-electron chi connectivity index (χ2n) is 6.09. The van der Waals surface area contributed by atoms with Gasteiger partial charge in [-0.25, -0.2) is 0 Å². The summed E-state index contributed by atoms with van der Waals surface area (Å²) in [5, 5.41) is 4.98. The van der Waals surface area contributed by atoms with Gasteiger partial charge >= 0.3 is 0 Å². The van der Waals surface area contributed by atoms with Gasteiger partial charge in [-0.05, 0) is 17.7 Å². The zero-order chi connectivity index (χ0) is 17.9. The molecule has 0 unspecified atom stereocenters. The number of hydrogen-bond acceptors (Lipinski definition) is 4. The van der Waals surface area contributed by atoms with E-state index in [0.717, 1.165) is 22.0 Å². The quantitative estimate of drug-likeness (QED) is 0.558. The largest absolute Gasteiger partial charge is 0.355 e. The van der Waals surface area contributed by atoms with Crippen LogP contribution in [0.1, 0.15) is 16.1 Å². The highest BCUT2D eigenvalue weighted by molar-refractivity contribution is 5.93. The van der Waals surface area contributed by atoms with Crippen molar-refractivity contribution in [2.75, 3.05) is 7.05 Å². The summed E-state index contributed by atoms with van der Waals surface area (Å²) in [5.41, 5.74) is 3.14. The monoisotopic (exact) mass is 343 g/mol. The molecule has 0 spiro atoms. The van der Waals surface area contributed by atoms with Crippen molar-refractivity contribution in [1.82, 2.24) is 15.0 Å². The van der Waals surface area contributed by atoms with Crippen molar-refractivity contribution < 1.29 is 9.32 Å². The van der Waals surface area contributed by atoms with Gasteiger partial charge < -0.3 is 9.42 Å². The summed E-state index contributed by atoms with van der Waals surface area (Å²) in [6.45, 7) is 0.468. The number of aromatic nitrogens is 2. The molecule has 0 N–H and O–H groups in total. The maximum Gasteiger partial charge on any atom is 0.276 e. The average molecular weight is 343 g/mol. The van der Waals surface area contributed by atoms with Crippen LogP contribution in [0.3, 0.4) is 0 Å². The molecule has 26 heavy (non-hydrogen) atoms. The molecule has 0 bridgehead atoms. The van der Waals surface area contributed by atoms with Gasteiger partial charge in [-0.1, -0.05) is 53.7 Å². The zero-order valence-corrected chi connectivity index (χ0v) is 14.3. The van der Waals surface area contributed by atoms with Gasteiger partial charge in [0.05, 0.1) is 5.52 Å². The Morgan fingerprint density at radius 3 is 2.73 bits per heavy atom. The normalized spacial score (nSPS) is 10.8. The molecule has 0 aliphatic heterocycles.